The molecule has 2 aliphatic heterocycles. The number of aromatic hydroxyl groups is 1. The van der Waals surface area contributed by atoms with Crippen molar-refractivity contribution in [3.05, 3.63) is 136 Å². The van der Waals surface area contributed by atoms with Crippen molar-refractivity contribution in [1.82, 2.24) is 4.90 Å². The van der Waals surface area contributed by atoms with E-state index in [0.717, 1.165) is 58.9 Å². The van der Waals surface area contributed by atoms with Crippen LogP contribution in [0, 0.1) is 17.8 Å². The fraction of sp³-hybridized carbons (Fsp3) is 0.388. The van der Waals surface area contributed by atoms with Crippen LogP contribution in [0.25, 0.3) is 11.6 Å². The number of imide groups is 1. The largest absolute Gasteiger partial charge is 0.507 e. The first-order valence-electron chi connectivity index (χ1n) is 21.4. The van der Waals surface area contributed by atoms with Crippen LogP contribution in [0.5, 0.6) is 5.75 Å². The predicted octanol–water partition coefficient (Wildman–Crippen LogP) is 9.18. The number of halogens is 1. The van der Waals surface area contributed by atoms with Crippen LogP contribution in [0.3, 0.4) is 0 Å². The molecule has 0 radical (unpaired) electrons. The zero-order chi connectivity index (χ0) is 41.3. The molecule has 4 aromatic carbocycles. The van der Waals surface area contributed by atoms with Gasteiger partial charge in [-0.25, -0.2) is 0 Å². The minimum absolute atomic E-state index is 0.0606. The SMILES string of the molecule is CC(C)(C)[Si](OCC1=C2[C@@H](CC/C(=C/c3cc(Br)ccc3O)c3ccccc3)OB(O)C[C@@H]2[C@@H]2C(=O)N(C3CCCCC3)C(=O)[C@@H]2C1)(c1ccccc1)c1ccccc1. The lowest BCUT2D eigenvalue weighted by atomic mass is 9.58. The van der Waals surface area contributed by atoms with Crippen molar-refractivity contribution >= 4 is 65.2 Å². The van der Waals surface area contributed by atoms with Gasteiger partial charge in [0.1, 0.15) is 5.75 Å². The van der Waals surface area contributed by atoms with E-state index < -0.39 is 33.4 Å². The Labute approximate surface area is 358 Å². The first kappa shape index (κ1) is 41.7. The van der Waals surface area contributed by atoms with Gasteiger partial charge in [-0.3, -0.25) is 14.5 Å². The highest BCUT2D eigenvalue weighted by atomic mass is 79.9. The molecule has 2 aliphatic carbocycles. The molecule has 2 heterocycles. The smallest absolute Gasteiger partial charge is 0.455 e. The maximum absolute atomic E-state index is 14.7. The number of hydrogen-bond acceptors (Lipinski definition) is 6. The van der Waals surface area contributed by atoms with Gasteiger partial charge in [0.05, 0.1) is 24.5 Å². The molecule has 10 heteroatoms. The van der Waals surface area contributed by atoms with Crippen LogP contribution >= 0.6 is 15.9 Å². The van der Waals surface area contributed by atoms with E-state index in [9.17, 15) is 19.7 Å². The molecule has 0 unspecified atom stereocenters. The highest BCUT2D eigenvalue weighted by Gasteiger charge is 2.59. The molecule has 59 heavy (non-hydrogen) atoms. The molecule has 8 rings (SSSR count). The number of rotatable bonds is 11. The third-order valence-electron chi connectivity index (χ3n) is 13.3. The Hall–Kier alpha value is -4.06. The quantitative estimate of drug-likeness (QED) is 0.0676. The Morgan fingerprint density at radius 2 is 1.51 bits per heavy atom. The fourth-order valence-electron chi connectivity index (χ4n) is 10.6. The zero-order valence-corrected chi connectivity index (χ0v) is 36.9. The molecule has 2 saturated heterocycles. The molecular formula is C49H55BBrNO6Si. The lowest BCUT2D eigenvalue weighted by molar-refractivity contribution is -0.143. The minimum atomic E-state index is -2.99. The summed E-state index contributed by atoms with van der Waals surface area (Å²) in [5.41, 5.74) is 4.75. The van der Waals surface area contributed by atoms with Crippen molar-refractivity contribution in [1.29, 1.82) is 0 Å². The lowest BCUT2D eigenvalue weighted by Gasteiger charge is -2.46. The van der Waals surface area contributed by atoms with Gasteiger partial charge in [0, 0.05) is 16.1 Å². The standard InChI is InChI=1S/C49H55BBrNO6Si/c1-49(2,3)59(39-20-12-6-13-21-39,40-22-14-7-15-23-40)57-32-36-30-41-46(48(55)52(47(41)54)38-18-10-5-11-19-38)42-31-50(56)58-44(45(36)42)27-24-34(33-16-8-4-9-17-33)28-35-29-37(51)25-26-43(35)53/h4,6-9,12-17,20-23,25-26,28-29,38,41-42,44,46,53,56H,5,10-11,18-19,24,27,30-32H2,1-3H3/b34-28-/t41-,42+,44-,46-/m1/s1. The predicted molar refractivity (Wildman–Crippen MR) is 241 cm³/mol. The molecule has 3 fully saturated rings. The molecule has 2 N–H and O–H groups in total. The van der Waals surface area contributed by atoms with E-state index in [-0.39, 0.29) is 47.5 Å². The Bertz CT molecular complexity index is 2160. The van der Waals surface area contributed by atoms with Crippen LogP contribution in [0.15, 0.2) is 125 Å². The number of allylic oxidation sites excluding steroid dienone is 1. The van der Waals surface area contributed by atoms with E-state index in [0.29, 0.717) is 24.8 Å². The van der Waals surface area contributed by atoms with E-state index in [2.05, 4.69) is 97.4 Å². The summed E-state index contributed by atoms with van der Waals surface area (Å²) in [6.07, 6.45) is 8.13. The van der Waals surface area contributed by atoms with Gasteiger partial charge in [0.25, 0.3) is 8.32 Å². The number of carbonyl (C=O) groups is 2. The van der Waals surface area contributed by atoms with Crippen LogP contribution in [0.4, 0.5) is 0 Å². The van der Waals surface area contributed by atoms with Gasteiger partial charge in [0.2, 0.25) is 11.8 Å². The number of benzene rings is 4. The number of amides is 2. The molecular weight excluding hydrogens is 817 g/mol. The van der Waals surface area contributed by atoms with Gasteiger partial charge in [-0.05, 0) is 106 Å². The topological polar surface area (TPSA) is 96.3 Å². The molecule has 4 aromatic rings. The normalized spacial score (nSPS) is 23.1. The van der Waals surface area contributed by atoms with Crippen molar-refractivity contribution in [2.45, 2.75) is 95.6 Å². The maximum Gasteiger partial charge on any atom is 0.455 e. The molecule has 7 nitrogen and oxygen atoms in total. The van der Waals surface area contributed by atoms with Crippen LogP contribution in [0.1, 0.15) is 83.3 Å². The summed E-state index contributed by atoms with van der Waals surface area (Å²) in [7, 11) is -4.07. The summed E-state index contributed by atoms with van der Waals surface area (Å²) < 4.78 is 15.0. The lowest BCUT2D eigenvalue weighted by Crippen LogP contribution is -2.66. The van der Waals surface area contributed by atoms with Crippen molar-refractivity contribution in [2.75, 3.05) is 6.61 Å². The number of nitrogens with zero attached hydrogens (tertiary/aromatic N) is 1. The molecule has 4 atom stereocenters. The molecule has 0 bridgehead atoms. The van der Waals surface area contributed by atoms with Crippen LogP contribution < -0.4 is 10.4 Å². The number of hydrogen-bond donors (Lipinski definition) is 2. The molecule has 4 aliphatic rings. The number of likely N-dealkylation sites (tertiary alicyclic amines) is 1. The van der Waals surface area contributed by atoms with E-state index >= 15 is 0 Å². The Morgan fingerprint density at radius 1 is 0.881 bits per heavy atom. The summed E-state index contributed by atoms with van der Waals surface area (Å²) >= 11 is 3.57. The van der Waals surface area contributed by atoms with Crippen LogP contribution in [-0.2, 0) is 18.7 Å². The molecule has 1 saturated carbocycles. The van der Waals surface area contributed by atoms with Crippen molar-refractivity contribution in [3.63, 3.8) is 0 Å². The number of phenols is 1. The summed E-state index contributed by atoms with van der Waals surface area (Å²) in [5.74, 6) is -1.36. The number of carbonyl (C=O) groups excluding carboxylic acids is 2. The van der Waals surface area contributed by atoms with Crippen molar-refractivity contribution in [2.24, 2.45) is 17.8 Å². The minimum Gasteiger partial charge on any atom is -0.507 e. The van der Waals surface area contributed by atoms with Gasteiger partial charge in [-0.1, -0.05) is 147 Å². The average Bonchev–Trinajstić information content (AvgIpc) is 3.49. The molecule has 0 spiro atoms. The monoisotopic (exact) mass is 871 g/mol. The van der Waals surface area contributed by atoms with Crippen LogP contribution in [0.2, 0.25) is 11.4 Å². The second-order valence-electron chi connectivity index (χ2n) is 17.9. The van der Waals surface area contributed by atoms with E-state index in [4.69, 9.17) is 9.08 Å². The Kier molecular flexibility index (Phi) is 12.4. The second kappa shape index (κ2) is 17.5. The van der Waals surface area contributed by atoms with Gasteiger partial charge < -0.3 is 19.2 Å². The van der Waals surface area contributed by atoms with Crippen molar-refractivity contribution in [3.8, 4) is 5.75 Å². The Morgan fingerprint density at radius 3 is 2.14 bits per heavy atom. The second-order valence-corrected chi connectivity index (χ2v) is 23.1. The third-order valence-corrected chi connectivity index (χ3v) is 18.8. The zero-order valence-electron chi connectivity index (χ0n) is 34.4. The average molecular weight is 873 g/mol. The van der Waals surface area contributed by atoms with Gasteiger partial charge in [-0.15, -0.1) is 0 Å². The highest BCUT2D eigenvalue weighted by molar-refractivity contribution is 9.10. The number of phenolic OH excluding ortho intramolecular Hbond substituents is 1. The van der Waals surface area contributed by atoms with E-state index in [1.807, 2.05) is 48.5 Å². The first-order valence-corrected chi connectivity index (χ1v) is 24.1. The highest BCUT2D eigenvalue weighted by Crippen LogP contribution is 2.52. The summed E-state index contributed by atoms with van der Waals surface area (Å²) in [6.45, 7) is 7.08. The van der Waals surface area contributed by atoms with Gasteiger partial charge in [0.15, 0.2) is 0 Å². The van der Waals surface area contributed by atoms with E-state index in [1.165, 1.54) is 10.4 Å². The summed E-state index contributed by atoms with van der Waals surface area (Å²) in [5, 5.41) is 24.4. The first-order chi connectivity index (χ1) is 28.5. The fourth-order valence-corrected chi connectivity index (χ4v) is 15.6. The molecule has 0 aromatic heterocycles. The summed E-state index contributed by atoms with van der Waals surface area (Å²) in [6, 6.07) is 36.6. The van der Waals surface area contributed by atoms with Gasteiger partial charge >= 0.3 is 7.12 Å². The molecule has 306 valence electrons. The van der Waals surface area contributed by atoms with Gasteiger partial charge in [-0.2, -0.15) is 0 Å². The Balaban J connectivity index is 1.22. The van der Waals surface area contributed by atoms with Crippen molar-refractivity contribution < 1.29 is 28.8 Å². The summed E-state index contributed by atoms with van der Waals surface area (Å²) in [4.78, 5) is 30.8. The van der Waals surface area contributed by atoms with Crippen LogP contribution in [-0.4, -0.2) is 61.0 Å². The molecule has 2 amide bonds. The number of fused-ring (bicyclic) bond motifs is 3. The maximum atomic E-state index is 14.7. The third kappa shape index (κ3) is 8.23. The van der Waals surface area contributed by atoms with E-state index in [1.54, 1.807) is 11.0 Å².